The molecule has 1 N–H and O–H groups in total. The average Bonchev–Trinajstić information content (AvgIpc) is 2.85. The molecule has 3 heterocycles. The van der Waals surface area contributed by atoms with Crippen LogP contribution in [0.1, 0.15) is 30.1 Å². The molecule has 0 saturated carbocycles. The minimum atomic E-state index is -1.15. The molecule has 0 spiro atoms. The third-order valence-corrected chi connectivity index (χ3v) is 6.56. The largest absolute Gasteiger partial charge is 0.369 e. The van der Waals surface area contributed by atoms with E-state index in [4.69, 9.17) is 4.84 Å². The minimum Gasteiger partial charge on any atom is -0.369 e. The van der Waals surface area contributed by atoms with Crippen LogP contribution in [0.2, 0.25) is 0 Å². The fourth-order valence-corrected chi connectivity index (χ4v) is 4.73. The van der Waals surface area contributed by atoms with Crippen molar-refractivity contribution in [2.75, 3.05) is 44.2 Å². The van der Waals surface area contributed by atoms with Crippen LogP contribution in [0.15, 0.2) is 54.9 Å². The van der Waals surface area contributed by atoms with Gasteiger partial charge in [0.05, 0.1) is 13.1 Å². The van der Waals surface area contributed by atoms with E-state index in [-0.39, 0.29) is 11.7 Å². The van der Waals surface area contributed by atoms with Gasteiger partial charge in [-0.3, -0.25) is 9.78 Å². The van der Waals surface area contributed by atoms with Gasteiger partial charge in [0.1, 0.15) is 5.41 Å². The van der Waals surface area contributed by atoms with Gasteiger partial charge in [-0.05, 0) is 37.6 Å². The van der Waals surface area contributed by atoms with Crippen molar-refractivity contribution in [3.05, 3.63) is 60.4 Å². The Morgan fingerprint density at radius 2 is 1.81 bits per heavy atom. The maximum Gasteiger partial charge on any atom is 0.339 e. The second-order valence-corrected chi connectivity index (χ2v) is 8.23. The van der Waals surface area contributed by atoms with E-state index in [1.54, 1.807) is 29.6 Å². The normalized spacial score (nSPS) is 24.5. The van der Waals surface area contributed by atoms with E-state index in [1.807, 2.05) is 37.3 Å². The summed E-state index contributed by atoms with van der Waals surface area (Å²) < 4.78 is 0. The summed E-state index contributed by atoms with van der Waals surface area (Å²) in [6, 6.07) is 13.1. The number of hydrogen-bond donors (Lipinski definition) is 1. The van der Waals surface area contributed by atoms with Crippen LogP contribution in [0.5, 0.6) is 0 Å². The number of hydrogen-bond acceptors (Lipinski definition) is 7. The van der Waals surface area contributed by atoms with Gasteiger partial charge in [0.2, 0.25) is 0 Å². The van der Waals surface area contributed by atoms with Crippen LogP contribution in [0.3, 0.4) is 0 Å². The third-order valence-electron chi connectivity index (χ3n) is 6.56. The number of pyridine rings is 1. The Balaban J connectivity index is 1.50. The first kappa shape index (κ1) is 21.5. The standard InChI is InChI=1S/C24H30N4O3/c1-2-20-18-26-13-10-24(20,22(29)19-6-4-3-5-7-19)23(30)31-28-16-14-27(15-17-28)21-8-11-25-12-9-21/h3-9,11-12,20,26H,2,10,13-18H2,1H3. The highest BCUT2D eigenvalue weighted by Crippen LogP contribution is 2.41. The minimum absolute atomic E-state index is 0.0976. The molecule has 0 bridgehead atoms. The number of Topliss-reactive ketones (excluding diaryl/α,β-unsaturated/α-hetero) is 1. The van der Waals surface area contributed by atoms with E-state index in [0.717, 1.165) is 25.2 Å². The van der Waals surface area contributed by atoms with Gasteiger partial charge < -0.3 is 15.1 Å². The molecule has 7 nitrogen and oxygen atoms in total. The SMILES string of the molecule is CCC1CNCCC1(C(=O)ON1CCN(c2ccncc2)CC1)C(=O)c1ccccc1. The first-order valence-corrected chi connectivity index (χ1v) is 11.1. The van der Waals surface area contributed by atoms with Gasteiger partial charge in [-0.25, -0.2) is 4.79 Å². The lowest BCUT2D eigenvalue weighted by Crippen LogP contribution is -2.57. The molecule has 2 aliphatic rings. The van der Waals surface area contributed by atoms with Crippen molar-refractivity contribution in [3.8, 4) is 0 Å². The lowest BCUT2D eigenvalue weighted by atomic mass is 9.65. The second-order valence-electron chi connectivity index (χ2n) is 8.23. The lowest BCUT2D eigenvalue weighted by Gasteiger charge is -2.42. The molecule has 4 rings (SSSR count). The first-order valence-electron chi connectivity index (χ1n) is 11.1. The molecule has 164 valence electrons. The fourth-order valence-electron chi connectivity index (χ4n) is 4.73. The number of anilines is 1. The summed E-state index contributed by atoms with van der Waals surface area (Å²) in [6.45, 7) is 5.98. The van der Waals surface area contributed by atoms with E-state index >= 15 is 0 Å². The molecule has 2 aromatic rings. The first-order chi connectivity index (χ1) is 15.1. The highest BCUT2D eigenvalue weighted by Gasteiger charge is 2.54. The highest BCUT2D eigenvalue weighted by atomic mass is 16.7. The topological polar surface area (TPSA) is 74.8 Å². The number of piperazine rings is 1. The van der Waals surface area contributed by atoms with E-state index in [0.29, 0.717) is 38.2 Å². The van der Waals surface area contributed by atoms with E-state index in [2.05, 4.69) is 15.2 Å². The molecule has 0 aliphatic carbocycles. The number of nitrogens with one attached hydrogen (secondary N) is 1. The van der Waals surface area contributed by atoms with Crippen molar-refractivity contribution in [3.63, 3.8) is 0 Å². The number of rotatable bonds is 6. The number of carbonyl (C=O) groups is 2. The molecule has 2 fully saturated rings. The quantitative estimate of drug-likeness (QED) is 0.566. The van der Waals surface area contributed by atoms with Crippen LogP contribution < -0.4 is 10.2 Å². The Kier molecular flexibility index (Phi) is 6.63. The molecule has 0 radical (unpaired) electrons. The van der Waals surface area contributed by atoms with Gasteiger partial charge in [0.15, 0.2) is 5.78 Å². The van der Waals surface area contributed by atoms with E-state index < -0.39 is 11.4 Å². The van der Waals surface area contributed by atoms with Crippen molar-refractivity contribution < 1.29 is 14.4 Å². The Labute approximate surface area is 183 Å². The summed E-state index contributed by atoms with van der Waals surface area (Å²) in [6.07, 6.45) is 4.75. The maximum atomic E-state index is 13.6. The van der Waals surface area contributed by atoms with Crippen molar-refractivity contribution >= 4 is 17.4 Å². The number of aromatic nitrogens is 1. The molecule has 1 aromatic carbocycles. The molecule has 2 aliphatic heterocycles. The highest BCUT2D eigenvalue weighted by molar-refractivity contribution is 6.12. The van der Waals surface area contributed by atoms with Gasteiger partial charge in [0.25, 0.3) is 0 Å². The fraction of sp³-hybridized carbons (Fsp3) is 0.458. The maximum absolute atomic E-state index is 13.6. The van der Waals surface area contributed by atoms with E-state index in [1.165, 1.54) is 0 Å². The Bertz CT molecular complexity index is 884. The molecule has 1 aromatic heterocycles. The molecule has 2 unspecified atom stereocenters. The molecular formula is C24H30N4O3. The predicted octanol–water partition coefficient (Wildman–Crippen LogP) is 2.55. The van der Waals surface area contributed by atoms with Gasteiger partial charge in [-0.1, -0.05) is 43.7 Å². The van der Waals surface area contributed by atoms with Gasteiger partial charge in [-0.15, -0.1) is 5.06 Å². The van der Waals surface area contributed by atoms with Gasteiger partial charge in [-0.2, -0.15) is 0 Å². The van der Waals surface area contributed by atoms with Crippen molar-refractivity contribution in [2.24, 2.45) is 11.3 Å². The van der Waals surface area contributed by atoms with Crippen molar-refractivity contribution in [2.45, 2.75) is 19.8 Å². The summed E-state index contributed by atoms with van der Waals surface area (Å²) in [5.74, 6) is -0.631. The summed E-state index contributed by atoms with van der Waals surface area (Å²) >= 11 is 0. The van der Waals surface area contributed by atoms with Crippen molar-refractivity contribution in [1.29, 1.82) is 0 Å². The number of piperidine rings is 1. The van der Waals surface area contributed by atoms with Crippen LogP contribution in [0, 0.1) is 11.3 Å². The number of hydroxylamine groups is 2. The van der Waals surface area contributed by atoms with Crippen LogP contribution in [-0.4, -0.2) is 61.1 Å². The zero-order chi connectivity index (χ0) is 21.7. The monoisotopic (exact) mass is 422 g/mol. The zero-order valence-corrected chi connectivity index (χ0v) is 18.0. The van der Waals surface area contributed by atoms with E-state index in [9.17, 15) is 9.59 Å². The molecular weight excluding hydrogens is 392 g/mol. The van der Waals surface area contributed by atoms with Gasteiger partial charge >= 0.3 is 5.97 Å². The van der Waals surface area contributed by atoms with Crippen molar-refractivity contribution in [1.82, 2.24) is 15.4 Å². The number of ketones is 1. The molecule has 2 saturated heterocycles. The van der Waals surface area contributed by atoms with Crippen LogP contribution >= 0.6 is 0 Å². The van der Waals surface area contributed by atoms with Crippen LogP contribution in [0.4, 0.5) is 5.69 Å². The average molecular weight is 423 g/mol. The molecule has 7 heteroatoms. The Hall–Kier alpha value is -2.77. The summed E-state index contributed by atoms with van der Waals surface area (Å²) in [7, 11) is 0. The second kappa shape index (κ2) is 9.58. The molecule has 2 atom stereocenters. The zero-order valence-electron chi connectivity index (χ0n) is 18.0. The summed E-state index contributed by atoms with van der Waals surface area (Å²) in [5, 5.41) is 5.06. The third kappa shape index (κ3) is 4.34. The number of benzene rings is 1. The lowest BCUT2D eigenvalue weighted by molar-refractivity contribution is -0.205. The smallest absolute Gasteiger partial charge is 0.339 e. The summed E-state index contributed by atoms with van der Waals surface area (Å²) in [5.41, 5.74) is 0.534. The predicted molar refractivity (Wildman–Crippen MR) is 119 cm³/mol. The molecule has 0 amide bonds. The Morgan fingerprint density at radius 1 is 1.10 bits per heavy atom. The number of carbonyl (C=O) groups excluding carboxylic acids is 2. The number of nitrogens with zero attached hydrogens (tertiary/aromatic N) is 3. The van der Waals surface area contributed by atoms with Gasteiger partial charge in [0, 0.05) is 36.7 Å². The molecule has 31 heavy (non-hydrogen) atoms. The summed E-state index contributed by atoms with van der Waals surface area (Å²) in [4.78, 5) is 39.5. The van der Waals surface area contributed by atoms with Crippen LogP contribution in [0.25, 0.3) is 0 Å². The van der Waals surface area contributed by atoms with Crippen LogP contribution in [-0.2, 0) is 9.63 Å². The Morgan fingerprint density at radius 3 is 2.48 bits per heavy atom.